The second-order valence-electron chi connectivity index (χ2n) is 6.51. The SMILES string of the molecule is Cc1ccc(S(=O)(=O)Nc2ccc(C(=O)Nc3ccc(F)c(F)c3)cc2)cc1C. The molecule has 0 aliphatic carbocycles. The number of anilines is 2. The van der Waals surface area contributed by atoms with Gasteiger partial charge in [-0.15, -0.1) is 0 Å². The standard InChI is InChI=1S/C21H18F2N2O3S/c1-13-3-9-18(11-14(13)2)29(27,28)25-16-6-4-15(5-7-16)21(26)24-17-8-10-19(22)20(23)12-17/h3-12,25H,1-2H3,(H,24,26). The molecule has 0 spiro atoms. The molecule has 0 saturated carbocycles. The van der Waals surface area contributed by atoms with Crippen LogP contribution >= 0.6 is 0 Å². The number of carbonyl (C=O) groups excluding carboxylic acids is 1. The van der Waals surface area contributed by atoms with Gasteiger partial charge in [0.1, 0.15) is 0 Å². The molecule has 5 nitrogen and oxygen atoms in total. The highest BCUT2D eigenvalue weighted by atomic mass is 32.2. The molecule has 0 aliphatic rings. The first kappa shape index (κ1) is 20.5. The van der Waals surface area contributed by atoms with E-state index in [1.54, 1.807) is 12.1 Å². The van der Waals surface area contributed by atoms with Crippen LogP contribution in [0.25, 0.3) is 0 Å². The number of hydrogen-bond acceptors (Lipinski definition) is 3. The molecule has 0 atom stereocenters. The van der Waals surface area contributed by atoms with Crippen LogP contribution in [0.2, 0.25) is 0 Å². The Morgan fingerprint density at radius 1 is 0.793 bits per heavy atom. The molecular weight excluding hydrogens is 398 g/mol. The van der Waals surface area contributed by atoms with Crippen LogP contribution in [0.4, 0.5) is 20.2 Å². The van der Waals surface area contributed by atoms with Gasteiger partial charge in [-0.05, 0) is 73.5 Å². The average molecular weight is 416 g/mol. The van der Waals surface area contributed by atoms with Gasteiger partial charge in [-0.2, -0.15) is 0 Å². The number of amides is 1. The highest BCUT2D eigenvalue weighted by molar-refractivity contribution is 7.92. The van der Waals surface area contributed by atoms with Gasteiger partial charge in [-0.3, -0.25) is 9.52 Å². The Labute approximate surface area is 167 Å². The van der Waals surface area contributed by atoms with E-state index in [-0.39, 0.29) is 21.8 Å². The molecule has 3 rings (SSSR count). The lowest BCUT2D eigenvalue weighted by Gasteiger charge is -2.11. The highest BCUT2D eigenvalue weighted by Crippen LogP contribution is 2.20. The van der Waals surface area contributed by atoms with Gasteiger partial charge in [0.2, 0.25) is 0 Å². The molecule has 0 saturated heterocycles. The molecule has 150 valence electrons. The maximum atomic E-state index is 13.2. The molecule has 0 bridgehead atoms. The van der Waals surface area contributed by atoms with Crippen molar-refractivity contribution in [3.63, 3.8) is 0 Å². The molecule has 8 heteroatoms. The van der Waals surface area contributed by atoms with Gasteiger partial charge in [0.15, 0.2) is 11.6 Å². The maximum Gasteiger partial charge on any atom is 0.261 e. The fourth-order valence-electron chi connectivity index (χ4n) is 2.56. The normalized spacial score (nSPS) is 11.2. The van der Waals surface area contributed by atoms with Gasteiger partial charge in [-0.25, -0.2) is 17.2 Å². The monoisotopic (exact) mass is 416 g/mol. The summed E-state index contributed by atoms with van der Waals surface area (Å²) in [5, 5.41) is 2.45. The van der Waals surface area contributed by atoms with Crippen molar-refractivity contribution >= 4 is 27.3 Å². The van der Waals surface area contributed by atoms with Crippen molar-refractivity contribution in [2.24, 2.45) is 0 Å². The van der Waals surface area contributed by atoms with E-state index in [1.165, 1.54) is 36.4 Å². The maximum absolute atomic E-state index is 13.2. The minimum Gasteiger partial charge on any atom is -0.322 e. The first-order chi connectivity index (χ1) is 13.7. The van der Waals surface area contributed by atoms with Crippen molar-refractivity contribution in [2.45, 2.75) is 18.7 Å². The van der Waals surface area contributed by atoms with E-state index in [0.29, 0.717) is 0 Å². The fourth-order valence-corrected chi connectivity index (χ4v) is 3.71. The second-order valence-corrected chi connectivity index (χ2v) is 8.19. The van der Waals surface area contributed by atoms with E-state index in [9.17, 15) is 22.0 Å². The Kier molecular flexibility index (Phi) is 5.65. The zero-order valence-corrected chi connectivity index (χ0v) is 16.5. The summed E-state index contributed by atoms with van der Waals surface area (Å²) in [5.74, 6) is -2.62. The quantitative estimate of drug-likeness (QED) is 0.637. The summed E-state index contributed by atoms with van der Waals surface area (Å²) < 4.78 is 53.7. The van der Waals surface area contributed by atoms with Gasteiger partial charge >= 0.3 is 0 Å². The summed E-state index contributed by atoms with van der Waals surface area (Å²) in [5.41, 5.74) is 2.46. The third-order valence-corrected chi connectivity index (χ3v) is 5.74. The van der Waals surface area contributed by atoms with E-state index in [1.807, 2.05) is 13.8 Å². The first-order valence-corrected chi connectivity index (χ1v) is 10.1. The van der Waals surface area contributed by atoms with Gasteiger partial charge in [0, 0.05) is 23.0 Å². The Balaban J connectivity index is 1.73. The Morgan fingerprint density at radius 3 is 2.07 bits per heavy atom. The number of halogens is 2. The summed E-state index contributed by atoms with van der Waals surface area (Å²) >= 11 is 0. The van der Waals surface area contributed by atoms with Crippen LogP contribution in [0.5, 0.6) is 0 Å². The van der Waals surface area contributed by atoms with Crippen LogP contribution in [0.3, 0.4) is 0 Å². The van der Waals surface area contributed by atoms with Crippen LogP contribution in [0, 0.1) is 25.5 Å². The summed E-state index contributed by atoms with van der Waals surface area (Å²) in [6, 6.07) is 13.6. The van der Waals surface area contributed by atoms with Crippen molar-refractivity contribution in [3.05, 3.63) is 89.0 Å². The average Bonchev–Trinajstić information content (AvgIpc) is 2.67. The number of sulfonamides is 1. The van der Waals surface area contributed by atoms with E-state index in [0.717, 1.165) is 23.3 Å². The Bertz CT molecular complexity index is 1180. The molecule has 3 aromatic carbocycles. The molecule has 29 heavy (non-hydrogen) atoms. The van der Waals surface area contributed by atoms with Crippen LogP contribution in [0.1, 0.15) is 21.5 Å². The molecule has 0 unspecified atom stereocenters. The number of benzene rings is 3. The number of rotatable bonds is 5. The molecule has 0 fully saturated rings. The van der Waals surface area contributed by atoms with Crippen LogP contribution in [-0.2, 0) is 10.0 Å². The minimum absolute atomic E-state index is 0.105. The Morgan fingerprint density at radius 2 is 1.45 bits per heavy atom. The van der Waals surface area contributed by atoms with Gasteiger partial charge in [-0.1, -0.05) is 6.07 Å². The molecule has 0 radical (unpaired) electrons. The first-order valence-electron chi connectivity index (χ1n) is 8.62. The van der Waals surface area contributed by atoms with E-state index in [4.69, 9.17) is 0 Å². The lowest BCUT2D eigenvalue weighted by molar-refractivity contribution is 0.102. The third kappa shape index (κ3) is 4.78. The minimum atomic E-state index is -3.77. The van der Waals surface area contributed by atoms with Gasteiger partial charge < -0.3 is 5.32 Å². The lowest BCUT2D eigenvalue weighted by Crippen LogP contribution is -2.14. The van der Waals surface area contributed by atoms with Crippen molar-refractivity contribution in [2.75, 3.05) is 10.0 Å². The number of carbonyl (C=O) groups is 1. The smallest absolute Gasteiger partial charge is 0.261 e. The molecule has 2 N–H and O–H groups in total. The van der Waals surface area contributed by atoms with Crippen LogP contribution < -0.4 is 10.0 Å². The highest BCUT2D eigenvalue weighted by Gasteiger charge is 2.15. The summed E-state index contributed by atoms with van der Waals surface area (Å²) in [7, 11) is -3.77. The largest absolute Gasteiger partial charge is 0.322 e. The fraction of sp³-hybridized carbons (Fsp3) is 0.0952. The third-order valence-electron chi connectivity index (χ3n) is 4.37. The number of hydrogen-bond donors (Lipinski definition) is 2. The van der Waals surface area contributed by atoms with Crippen molar-refractivity contribution in [1.29, 1.82) is 0 Å². The van der Waals surface area contributed by atoms with Crippen molar-refractivity contribution < 1.29 is 22.0 Å². The molecule has 0 aromatic heterocycles. The van der Waals surface area contributed by atoms with Crippen LogP contribution in [-0.4, -0.2) is 14.3 Å². The number of nitrogens with one attached hydrogen (secondary N) is 2. The zero-order valence-electron chi connectivity index (χ0n) is 15.7. The van der Waals surface area contributed by atoms with Gasteiger partial charge in [0.25, 0.3) is 15.9 Å². The van der Waals surface area contributed by atoms with Gasteiger partial charge in [0.05, 0.1) is 4.90 Å². The van der Waals surface area contributed by atoms with Crippen molar-refractivity contribution in [3.8, 4) is 0 Å². The molecule has 3 aromatic rings. The van der Waals surface area contributed by atoms with E-state index < -0.39 is 27.6 Å². The second kappa shape index (κ2) is 8.00. The summed E-state index contributed by atoms with van der Waals surface area (Å²) in [4.78, 5) is 12.4. The van der Waals surface area contributed by atoms with Crippen molar-refractivity contribution in [1.82, 2.24) is 0 Å². The summed E-state index contributed by atoms with van der Waals surface area (Å²) in [6.07, 6.45) is 0. The Hall–Kier alpha value is -3.26. The van der Waals surface area contributed by atoms with Crippen LogP contribution in [0.15, 0.2) is 65.6 Å². The predicted molar refractivity (Wildman–Crippen MR) is 107 cm³/mol. The molecular formula is C21H18F2N2O3S. The van der Waals surface area contributed by atoms with E-state index >= 15 is 0 Å². The van der Waals surface area contributed by atoms with E-state index in [2.05, 4.69) is 10.0 Å². The molecule has 0 heterocycles. The molecule has 0 aliphatic heterocycles. The topological polar surface area (TPSA) is 75.3 Å². The number of aryl methyl sites for hydroxylation is 2. The predicted octanol–water partition coefficient (Wildman–Crippen LogP) is 4.63. The molecule has 1 amide bonds. The lowest BCUT2D eigenvalue weighted by atomic mass is 10.1. The summed E-state index contributed by atoms with van der Waals surface area (Å²) in [6.45, 7) is 3.72. The zero-order chi connectivity index (χ0) is 21.2.